The van der Waals surface area contributed by atoms with Crippen molar-refractivity contribution < 1.29 is 0 Å². The van der Waals surface area contributed by atoms with Crippen LogP contribution in [-0.2, 0) is 0 Å². The van der Waals surface area contributed by atoms with Crippen LogP contribution in [0.1, 0.15) is 5.56 Å². The van der Waals surface area contributed by atoms with E-state index in [0.29, 0.717) is 0 Å². The van der Waals surface area contributed by atoms with E-state index in [1.807, 2.05) is 0 Å². The average Bonchev–Trinajstić information content (AvgIpc) is 3.00. The van der Waals surface area contributed by atoms with Crippen molar-refractivity contribution in [1.29, 1.82) is 0 Å². The van der Waals surface area contributed by atoms with E-state index < -0.39 is 0 Å². The molecule has 1 aliphatic heterocycles. The summed E-state index contributed by atoms with van der Waals surface area (Å²) in [7, 11) is 0. The molecule has 1 aliphatic rings. The summed E-state index contributed by atoms with van der Waals surface area (Å²) in [6.45, 7) is 6.29. The largest absolute Gasteiger partial charge is 0.368 e. The molecule has 112 valence electrons. The summed E-state index contributed by atoms with van der Waals surface area (Å²) in [6.07, 6.45) is 0. The number of hydrogen-bond acceptors (Lipinski definition) is 4. The highest BCUT2D eigenvalue weighted by Gasteiger charge is 2.20. The summed E-state index contributed by atoms with van der Waals surface area (Å²) < 4.78 is 5.95. The summed E-state index contributed by atoms with van der Waals surface area (Å²) in [4.78, 5) is 4.88. The van der Waals surface area contributed by atoms with Gasteiger partial charge in [-0.05, 0) is 42.7 Å². The van der Waals surface area contributed by atoms with Gasteiger partial charge in [0.1, 0.15) is 5.82 Å². The molecule has 3 aromatic rings. The van der Waals surface area contributed by atoms with Gasteiger partial charge in [-0.25, -0.2) is 0 Å². The summed E-state index contributed by atoms with van der Waals surface area (Å²) >= 11 is 1.60. The maximum atomic E-state index is 4.68. The molecule has 0 amide bonds. The first-order valence-corrected chi connectivity index (χ1v) is 8.49. The summed E-state index contributed by atoms with van der Waals surface area (Å²) in [6, 6.07) is 17.3. The number of hydrogen-bond donors (Lipinski definition) is 0. The Kier molecular flexibility index (Phi) is 3.47. The van der Waals surface area contributed by atoms with Gasteiger partial charge in [-0.15, -0.1) is 0 Å². The summed E-state index contributed by atoms with van der Waals surface area (Å²) in [5, 5.41) is 1.29. The first kappa shape index (κ1) is 13.6. The molecule has 1 aromatic heterocycles. The van der Waals surface area contributed by atoms with Crippen molar-refractivity contribution in [3.8, 4) is 0 Å². The lowest BCUT2D eigenvalue weighted by Gasteiger charge is -2.36. The molecule has 1 saturated heterocycles. The third kappa shape index (κ3) is 2.44. The van der Waals surface area contributed by atoms with Crippen molar-refractivity contribution >= 4 is 33.1 Å². The van der Waals surface area contributed by atoms with Crippen LogP contribution in [0.3, 0.4) is 0 Å². The van der Waals surface area contributed by atoms with Crippen molar-refractivity contribution in [3.63, 3.8) is 0 Å². The van der Waals surface area contributed by atoms with E-state index >= 15 is 0 Å². The third-order valence-electron chi connectivity index (χ3n) is 4.34. The quantitative estimate of drug-likeness (QED) is 0.715. The first-order valence-electron chi connectivity index (χ1n) is 7.72. The second-order valence-corrected chi connectivity index (χ2v) is 6.62. The van der Waals surface area contributed by atoms with Crippen molar-refractivity contribution in [2.45, 2.75) is 6.92 Å². The Balaban J connectivity index is 1.51. The Morgan fingerprint density at radius 3 is 2.32 bits per heavy atom. The smallest absolute Gasteiger partial charge is 0.150 e. The number of aryl methyl sites for hydroxylation is 1. The van der Waals surface area contributed by atoms with Gasteiger partial charge in [0.2, 0.25) is 0 Å². The second kappa shape index (κ2) is 5.61. The van der Waals surface area contributed by atoms with E-state index in [1.54, 1.807) is 11.5 Å². The number of rotatable bonds is 2. The molecule has 0 saturated carbocycles. The van der Waals surface area contributed by atoms with Gasteiger partial charge < -0.3 is 9.80 Å². The number of aromatic nitrogens is 1. The number of anilines is 2. The molecule has 3 nitrogen and oxygen atoms in total. The Labute approximate surface area is 135 Å². The van der Waals surface area contributed by atoms with Crippen LogP contribution in [0.2, 0.25) is 0 Å². The van der Waals surface area contributed by atoms with Gasteiger partial charge in [0.25, 0.3) is 0 Å². The van der Waals surface area contributed by atoms with E-state index in [0.717, 1.165) is 32.0 Å². The fraction of sp³-hybridized carbons (Fsp3) is 0.278. The molecule has 4 heteroatoms. The number of piperazine rings is 1. The molecular weight excluding hydrogens is 290 g/mol. The maximum absolute atomic E-state index is 4.68. The number of nitrogens with zero attached hydrogens (tertiary/aromatic N) is 3. The fourth-order valence-corrected chi connectivity index (χ4v) is 3.83. The average molecular weight is 309 g/mol. The van der Waals surface area contributed by atoms with E-state index in [2.05, 4.69) is 69.6 Å². The fourth-order valence-electron chi connectivity index (χ4n) is 3.03. The van der Waals surface area contributed by atoms with Crippen LogP contribution < -0.4 is 9.80 Å². The van der Waals surface area contributed by atoms with E-state index in [1.165, 1.54) is 21.3 Å². The molecule has 0 N–H and O–H groups in total. The second-order valence-electron chi connectivity index (χ2n) is 5.81. The van der Waals surface area contributed by atoms with E-state index in [9.17, 15) is 0 Å². The van der Waals surface area contributed by atoms with Crippen LogP contribution in [0, 0.1) is 6.92 Å². The van der Waals surface area contributed by atoms with E-state index in [4.69, 9.17) is 0 Å². The molecule has 2 aromatic carbocycles. The van der Waals surface area contributed by atoms with Crippen LogP contribution >= 0.6 is 11.5 Å². The van der Waals surface area contributed by atoms with Crippen molar-refractivity contribution in [2.75, 3.05) is 36.0 Å². The highest BCUT2D eigenvalue weighted by Crippen LogP contribution is 2.30. The zero-order valence-electron chi connectivity index (χ0n) is 12.7. The number of benzene rings is 2. The Morgan fingerprint density at radius 1 is 0.864 bits per heavy atom. The SMILES string of the molecule is Cc1ccc(N2CCN(c3nsc4ccccc34)CC2)cc1. The van der Waals surface area contributed by atoms with Crippen molar-refractivity contribution in [1.82, 2.24) is 4.37 Å². The molecule has 2 heterocycles. The summed E-state index contributed by atoms with van der Waals surface area (Å²) in [5.41, 5.74) is 2.64. The van der Waals surface area contributed by atoms with Gasteiger partial charge in [0.15, 0.2) is 0 Å². The number of fused-ring (bicyclic) bond motifs is 1. The first-order chi connectivity index (χ1) is 10.8. The van der Waals surface area contributed by atoms with Gasteiger partial charge in [0, 0.05) is 37.3 Å². The zero-order chi connectivity index (χ0) is 14.9. The Hall–Kier alpha value is -2.07. The lowest BCUT2D eigenvalue weighted by molar-refractivity contribution is 0.651. The topological polar surface area (TPSA) is 19.4 Å². The Bertz CT molecular complexity index is 770. The zero-order valence-corrected chi connectivity index (χ0v) is 13.5. The monoisotopic (exact) mass is 309 g/mol. The molecule has 0 aliphatic carbocycles. The molecule has 0 spiro atoms. The van der Waals surface area contributed by atoms with Crippen LogP contribution in [-0.4, -0.2) is 30.6 Å². The molecule has 22 heavy (non-hydrogen) atoms. The van der Waals surface area contributed by atoms with Crippen LogP contribution in [0.4, 0.5) is 11.5 Å². The normalized spacial score (nSPS) is 15.5. The van der Waals surface area contributed by atoms with E-state index in [-0.39, 0.29) is 0 Å². The minimum absolute atomic E-state index is 1.03. The highest BCUT2D eigenvalue weighted by atomic mass is 32.1. The predicted molar refractivity (Wildman–Crippen MR) is 95.2 cm³/mol. The molecule has 1 fully saturated rings. The van der Waals surface area contributed by atoms with Crippen molar-refractivity contribution in [3.05, 3.63) is 54.1 Å². The highest BCUT2D eigenvalue weighted by molar-refractivity contribution is 7.13. The van der Waals surface area contributed by atoms with Gasteiger partial charge in [-0.2, -0.15) is 4.37 Å². The predicted octanol–water partition coefficient (Wildman–Crippen LogP) is 3.93. The molecule has 0 atom stereocenters. The molecular formula is C18H19N3S. The summed E-state index contributed by atoms with van der Waals surface area (Å²) in [5.74, 6) is 1.16. The standard InChI is InChI=1S/C18H19N3S/c1-14-6-8-15(9-7-14)20-10-12-21(13-11-20)18-16-4-2-3-5-17(16)22-19-18/h2-9H,10-13H2,1H3. The minimum atomic E-state index is 1.03. The van der Waals surface area contributed by atoms with Crippen LogP contribution in [0.15, 0.2) is 48.5 Å². The molecule has 0 radical (unpaired) electrons. The lowest BCUT2D eigenvalue weighted by atomic mass is 10.2. The van der Waals surface area contributed by atoms with Crippen molar-refractivity contribution in [2.24, 2.45) is 0 Å². The third-order valence-corrected chi connectivity index (χ3v) is 5.15. The lowest BCUT2D eigenvalue weighted by Crippen LogP contribution is -2.46. The van der Waals surface area contributed by atoms with Gasteiger partial charge in [-0.1, -0.05) is 29.8 Å². The van der Waals surface area contributed by atoms with Crippen LogP contribution in [0.5, 0.6) is 0 Å². The van der Waals surface area contributed by atoms with Gasteiger partial charge >= 0.3 is 0 Å². The Morgan fingerprint density at radius 2 is 1.55 bits per heavy atom. The minimum Gasteiger partial charge on any atom is -0.368 e. The molecule has 0 unspecified atom stereocenters. The van der Waals surface area contributed by atoms with Crippen LogP contribution in [0.25, 0.3) is 10.1 Å². The molecule has 4 rings (SSSR count). The molecule has 0 bridgehead atoms. The maximum Gasteiger partial charge on any atom is 0.150 e. The van der Waals surface area contributed by atoms with Gasteiger partial charge in [0.05, 0.1) is 4.70 Å². The van der Waals surface area contributed by atoms with Gasteiger partial charge in [-0.3, -0.25) is 0 Å².